The summed E-state index contributed by atoms with van der Waals surface area (Å²) in [4.78, 5) is 4.87. The van der Waals surface area contributed by atoms with E-state index in [4.69, 9.17) is 9.72 Å². The van der Waals surface area contributed by atoms with Crippen molar-refractivity contribution in [2.75, 3.05) is 7.11 Å². The van der Waals surface area contributed by atoms with Crippen molar-refractivity contribution in [3.05, 3.63) is 70.0 Å². The van der Waals surface area contributed by atoms with Crippen LogP contribution >= 0.6 is 15.9 Å². The molecule has 0 bridgehead atoms. The van der Waals surface area contributed by atoms with Crippen molar-refractivity contribution in [1.82, 2.24) is 9.55 Å². The Morgan fingerprint density at radius 1 is 1.08 bits per heavy atom. The van der Waals surface area contributed by atoms with Gasteiger partial charge in [-0.2, -0.15) is 0 Å². The number of methoxy groups -OCH3 is 1. The monoisotopic (exact) mass is 412 g/mol. The number of aryl methyl sites for hydroxylation is 3. The maximum atomic E-state index is 5.52. The molecule has 3 aromatic rings. The first-order valence-corrected chi connectivity index (χ1v) is 9.73. The molecule has 3 rings (SSSR count). The highest BCUT2D eigenvalue weighted by molar-refractivity contribution is 9.10. The summed E-state index contributed by atoms with van der Waals surface area (Å²) in [5.41, 5.74) is 4.85. The zero-order valence-electron chi connectivity index (χ0n) is 15.8. The van der Waals surface area contributed by atoms with Gasteiger partial charge in [0.1, 0.15) is 11.6 Å². The molecular weight excluding hydrogens is 388 g/mol. The summed E-state index contributed by atoms with van der Waals surface area (Å²) in [5.74, 6) is 2.39. The van der Waals surface area contributed by atoms with E-state index in [1.54, 1.807) is 7.11 Å². The van der Waals surface area contributed by atoms with Crippen molar-refractivity contribution in [1.29, 1.82) is 0 Å². The van der Waals surface area contributed by atoms with Crippen molar-refractivity contribution in [2.24, 2.45) is 7.05 Å². The number of halogens is 1. The second-order valence-corrected chi connectivity index (χ2v) is 7.78. The normalized spacial score (nSPS) is 11.2. The van der Waals surface area contributed by atoms with Crippen LogP contribution in [0.15, 0.2) is 53.1 Å². The molecule has 0 N–H and O–H groups in total. The van der Waals surface area contributed by atoms with Crippen LogP contribution in [-0.2, 0) is 19.9 Å². The van der Waals surface area contributed by atoms with Crippen molar-refractivity contribution in [3.63, 3.8) is 0 Å². The number of benzene rings is 2. The van der Waals surface area contributed by atoms with Gasteiger partial charge in [0.05, 0.1) is 12.8 Å². The number of rotatable bonds is 6. The van der Waals surface area contributed by atoms with Crippen LogP contribution in [0.2, 0.25) is 0 Å². The van der Waals surface area contributed by atoms with Gasteiger partial charge in [0.25, 0.3) is 0 Å². The highest BCUT2D eigenvalue weighted by Crippen LogP contribution is 2.28. The molecule has 0 aliphatic rings. The summed E-state index contributed by atoms with van der Waals surface area (Å²) in [6.07, 6.45) is 3.99. The SMILES string of the molecule is COc1ccc(Br)cc1CCc1ccccc1-c1nc(C(C)C)cn1C. The number of aromatic nitrogens is 2. The molecule has 1 aromatic heterocycles. The smallest absolute Gasteiger partial charge is 0.140 e. The Kier molecular flexibility index (Phi) is 5.82. The molecule has 0 spiro atoms. The van der Waals surface area contributed by atoms with Crippen LogP contribution in [0.4, 0.5) is 0 Å². The highest BCUT2D eigenvalue weighted by atomic mass is 79.9. The first kappa shape index (κ1) is 18.7. The van der Waals surface area contributed by atoms with E-state index in [9.17, 15) is 0 Å². The van der Waals surface area contributed by atoms with Gasteiger partial charge in [-0.1, -0.05) is 54.0 Å². The molecule has 0 fully saturated rings. The number of hydrogen-bond acceptors (Lipinski definition) is 2. The third-order valence-electron chi connectivity index (χ3n) is 4.65. The predicted molar refractivity (Wildman–Crippen MR) is 111 cm³/mol. The van der Waals surface area contributed by atoms with E-state index in [0.29, 0.717) is 5.92 Å². The zero-order chi connectivity index (χ0) is 18.7. The molecule has 1 heterocycles. The quantitative estimate of drug-likeness (QED) is 0.513. The fraction of sp³-hybridized carbons (Fsp3) is 0.318. The fourth-order valence-corrected chi connectivity index (χ4v) is 3.59. The summed E-state index contributed by atoms with van der Waals surface area (Å²) >= 11 is 3.56. The summed E-state index contributed by atoms with van der Waals surface area (Å²) in [5, 5.41) is 0. The van der Waals surface area contributed by atoms with Gasteiger partial charge in [-0.25, -0.2) is 4.98 Å². The Morgan fingerprint density at radius 3 is 2.50 bits per heavy atom. The highest BCUT2D eigenvalue weighted by Gasteiger charge is 2.14. The summed E-state index contributed by atoms with van der Waals surface area (Å²) in [7, 11) is 3.80. The standard InChI is InChI=1S/C22H25BrN2O/c1-15(2)20-14-25(3)22(24-20)19-8-6-5-7-16(19)9-10-17-13-18(23)11-12-21(17)26-4/h5-8,11-15H,9-10H2,1-4H3. The van der Waals surface area contributed by atoms with Crippen molar-refractivity contribution >= 4 is 15.9 Å². The van der Waals surface area contributed by atoms with Gasteiger partial charge < -0.3 is 9.30 Å². The minimum atomic E-state index is 0.424. The van der Waals surface area contributed by atoms with Crippen LogP contribution in [0.3, 0.4) is 0 Å². The molecule has 0 aliphatic carbocycles. The molecule has 136 valence electrons. The van der Waals surface area contributed by atoms with Gasteiger partial charge in [-0.15, -0.1) is 0 Å². The van der Waals surface area contributed by atoms with Gasteiger partial charge >= 0.3 is 0 Å². The number of ether oxygens (including phenoxy) is 1. The van der Waals surface area contributed by atoms with E-state index in [1.807, 2.05) is 12.1 Å². The van der Waals surface area contributed by atoms with Crippen LogP contribution in [0.1, 0.15) is 36.6 Å². The molecule has 0 atom stereocenters. The van der Waals surface area contributed by atoms with Crippen molar-refractivity contribution < 1.29 is 4.74 Å². The molecule has 0 saturated heterocycles. The van der Waals surface area contributed by atoms with Crippen LogP contribution in [0, 0.1) is 0 Å². The van der Waals surface area contributed by atoms with Gasteiger partial charge in [-0.05, 0) is 48.1 Å². The van der Waals surface area contributed by atoms with E-state index in [-0.39, 0.29) is 0 Å². The van der Waals surface area contributed by atoms with Crippen LogP contribution in [-0.4, -0.2) is 16.7 Å². The molecule has 4 heteroatoms. The van der Waals surface area contributed by atoms with Crippen molar-refractivity contribution in [3.8, 4) is 17.1 Å². The molecular formula is C22H25BrN2O. The second-order valence-electron chi connectivity index (χ2n) is 6.87. The fourth-order valence-electron chi connectivity index (χ4n) is 3.19. The Morgan fingerprint density at radius 2 is 1.81 bits per heavy atom. The van der Waals surface area contributed by atoms with Gasteiger partial charge in [-0.3, -0.25) is 0 Å². The van der Waals surface area contributed by atoms with Crippen molar-refractivity contribution in [2.45, 2.75) is 32.6 Å². The number of nitrogens with zero attached hydrogens (tertiary/aromatic N) is 2. The molecule has 0 aliphatic heterocycles. The molecule has 26 heavy (non-hydrogen) atoms. The van der Waals surface area contributed by atoms with Crippen LogP contribution in [0.5, 0.6) is 5.75 Å². The lowest BCUT2D eigenvalue weighted by molar-refractivity contribution is 0.409. The maximum absolute atomic E-state index is 5.52. The Bertz CT molecular complexity index is 899. The second kappa shape index (κ2) is 8.09. The van der Waals surface area contributed by atoms with Gasteiger partial charge in [0.2, 0.25) is 0 Å². The predicted octanol–water partition coefficient (Wildman–Crippen LogP) is 5.77. The van der Waals surface area contributed by atoms with Gasteiger partial charge in [0.15, 0.2) is 0 Å². The topological polar surface area (TPSA) is 27.1 Å². The summed E-state index contributed by atoms with van der Waals surface area (Å²) in [6.45, 7) is 4.36. The van der Waals surface area contributed by atoms with Crippen LogP contribution < -0.4 is 4.74 Å². The number of imidazole rings is 1. The molecule has 3 nitrogen and oxygen atoms in total. The minimum absolute atomic E-state index is 0.424. The van der Waals surface area contributed by atoms with Crippen LogP contribution in [0.25, 0.3) is 11.4 Å². The largest absolute Gasteiger partial charge is 0.496 e. The number of hydrogen-bond donors (Lipinski definition) is 0. The average Bonchev–Trinajstić information content (AvgIpc) is 3.02. The average molecular weight is 413 g/mol. The van der Waals surface area contributed by atoms with E-state index in [1.165, 1.54) is 16.7 Å². The third kappa shape index (κ3) is 4.01. The van der Waals surface area contributed by atoms with E-state index in [2.05, 4.69) is 77.9 Å². The third-order valence-corrected chi connectivity index (χ3v) is 5.14. The van der Waals surface area contributed by atoms with E-state index < -0.39 is 0 Å². The van der Waals surface area contributed by atoms with E-state index >= 15 is 0 Å². The zero-order valence-corrected chi connectivity index (χ0v) is 17.4. The molecule has 0 amide bonds. The Hall–Kier alpha value is -2.07. The molecule has 0 radical (unpaired) electrons. The lowest BCUT2D eigenvalue weighted by Gasteiger charge is -2.12. The van der Waals surface area contributed by atoms with Gasteiger partial charge in [0, 0.05) is 23.3 Å². The molecule has 0 saturated carbocycles. The Balaban J connectivity index is 1.90. The maximum Gasteiger partial charge on any atom is 0.140 e. The molecule has 2 aromatic carbocycles. The lowest BCUT2D eigenvalue weighted by atomic mass is 9.99. The summed E-state index contributed by atoms with van der Waals surface area (Å²) < 4.78 is 8.72. The Labute approximate surface area is 164 Å². The molecule has 0 unspecified atom stereocenters. The van der Waals surface area contributed by atoms with E-state index in [0.717, 1.165) is 34.6 Å². The first-order valence-electron chi connectivity index (χ1n) is 8.93. The summed E-state index contributed by atoms with van der Waals surface area (Å²) in [6, 6.07) is 14.7. The lowest BCUT2D eigenvalue weighted by Crippen LogP contribution is -2.00. The minimum Gasteiger partial charge on any atom is -0.496 e. The first-order chi connectivity index (χ1) is 12.5.